The Hall–Kier alpha value is -2.26. The first-order chi connectivity index (χ1) is 10.0. The van der Waals surface area contributed by atoms with Crippen LogP contribution >= 0.6 is 0 Å². The van der Waals surface area contributed by atoms with Crippen molar-refractivity contribution in [2.24, 2.45) is 0 Å². The number of anilines is 3. The highest BCUT2D eigenvalue weighted by Crippen LogP contribution is 2.12. The summed E-state index contributed by atoms with van der Waals surface area (Å²) in [6.07, 6.45) is 4.48. The second-order valence-electron chi connectivity index (χ2n) is 4.26. The minimum absolute atomic E-state index is 0.289. The molecule has 8 nitrogen and oxygen atoms in total. The van der Waals surface area contributed by atoms with Crippen LogP contribution in [0.15, 0.2) is 36.7 Å². The van der Waals surface area contributed by atoms with Crippen LogP contribution in [0.25, 0.3) is 0 Å². The van der Waals surface area contributed by atoms with E-state index in [1.807, 2.05) is 12.1 Å². The van der Waals surface area contributed by atoms with Gasteiger partial charge in [0.2, 0.25) is 10.0 Å². The second kappa shape index (κ2) is 6.95. The Labute approximate surface area is 123 Å². The number of pyridine rings is 1. The molecule has 0 amide bonds. The molecule has 0 aliphatic rings. The van der Waals surface area contributed by atoms with E-state index in [9.17, 15) is 8.42 Å². The van der Waals surface area contributed by atoms with Crippen LogP contribution in [0.5, 0.6) is 0 Å². The molecule has 0 aromatic carbocycles. The van der Waals surface area contributed by atoms with E-state index in [4.69, 9.17) is 0 Å². The van der Waals surface area contributed by atoms with E-state index in [-0.39, 0.29) is 6.54 Å². The van der Waals surface area contributed by atoms with Gasteiger partial charge in [-0.15, -0.1) is 10.2 Å². The summed E-state index contributed by atoms with van der Waals surface area (Å²) in [6.45, 7) is 0.719. The molecule has 0 aliphatic carbocycles. The van der Waals surface area contributed by atoms with Crippen molar-refractivity contribution in [2.45, 2.75) is 0 Å². The number of aromatic nitrogens is 3. The summed E-state index contributed by atoms with van der Waals surface area (Å²) in [5.74, 6) is 1.19. The molecular weight excluding hydrogens is 292 g/mol. The van der Waals surface area contributed by atoms with E-state index >= 15 is 0 Å². The molecule has 0 atom stereocenters. The number of nitrogens with zero attached hydrogens (tertiary/aromatic N) is 3. The van der Waals surface area contributed by atoms with E-state index in [2.05, 4.69) is 30.5 Å². The number of hydrogen-bond acceptors (Lipinski definition) is 7. The van der Waals surface area contributed by atoms with Gasteiger partial charge in [-0.1, -0.05) is 0 Å². The van der Waals surface area contributed by atoms with Crippen molar-refractivity contribution >= 4 is 27.3 Å². The van der Waals surface area contributed by atoms with Gasteiger partial charge < -0.3 is 10.6 Å². The van der Waals surface area contributed by atoms with Gasteiger partial charge in [-0.05, 0) is 24.3 Å². The quantitative estimate of drug-likeness (QED) is 0.642. The normalized spacial score (nSPS) is 11.1. The molecule has 0 unspecified atom stereocenters. The Morgan fingerprint density at radius 3 is 2.29 bits per heavy atom. The van der Waals surface area contributed by atoms with Crippen LogP contribution in [0.1, 0.15) is 0 Å². The topological polar surface area (TPSA) is 109 Å². The van der Waals surface area contributed by atoms with E-state index in [0.717, 1.165) is 11.9 Å². The molecule has 9 heteroatoms. The first-order valence-electron chi connectivity index (χ1n) is 6.22. The standard InChI is InChI=1S/C12H16N6O2S/c1-21(19,20)15-9-8-14-11-2-3-12(18-17-11)16-10-4-6-13-7-5-10/h2-7,15H,8-9H2,1H3,(H,14,17)(H,13,16,18). The first kappa shape index (κ1) is 15.1. The predicted molar refractivity (Wildman–Crippen MR) is 80.9 cm³/mol. The van der Waals surface area contributed by atoms with Crippen LogP contribution in [0, 0.1) is 0 Å². The van der Waals surface area contributed by atoms with Gasteiger partial charge in [0.25, 0.3) is 0 Å². The predicted octanol–water partition coefficient (Wildman–Crippen LogP) is 0.576. The molecule has 0 aliphatic heterocycles. The second-order valence-corrected chi connectivity index (χ2v) is 6.09. The third-order valence-corrected chi connectivity index (χ3v) is 3.14. The Morgan fingerprint density at radius 2 is 1.67 bits per heavy atom. The molecule has 0 bridgehead atoms. The number of sulfonamides is 1. The average molecular weight is 308 g/mol. The van der Waals surface area contributed by atoms with Gasteiger partial charge in [0.05, 0.1) is 6.26 Å². The van der Waals surface area contributed by atoms with Crippen molar-refractivity contribution in [1.82, 2.24) is 19.9 Å². The molecule has 21 heavy (non-hydrogen) atoms. The van der Waals surface area contributed by atoms with Crippen molar-refractivity contribution in [3.8, 4) is 0 Å². The number of nitrogens with one attached hydrogen (secondary N) is 3. The van der Waals surface area contributed by atoms with Gasteiger partial charge in [-0.25, -0.2) is 13.1 Å². The fourth-order valence-corrected chi connectivity index (χ4v) is 1.98. The molecule has 0 saturated heterocycles. The minimum atomic E-state index is -3.16. The summed E-state index contributed by atoms with van der Waals surface area (Å²) in [5, 5.41) is 14.1. The highest BCUT2D eigenvalue weighted by atomic mass is 32.2. The van der Waals surface area contributed by atoms with Crippen LogP contribution in [-0.2, 0) is 10.0 Å². The van der Waals surface area contributed by atoms with Gasteiger partial charge in [0.1, 0.15) is 5.82 Å². The maximum absolute atomic E-state index is 10.9. The molecule has 3 N–H and O–H groups in total. The van der Waals surface area contributed by atoms with Crippen LogP contribution in [0.4, 0.5) is 17.3 Å². The Bertz CT molecular complexity index is 660. The molecular formula is C12H16N6O2S. The van der Waals surface area contributed by atoms with Crippen molar-refractivity contribution in [2.75, 3.05) is 30.0 Å². The van der Waals surface area contributed by atoms with E-state index in [0.29, 0.717) is 18.2 Å². The summed E-state index contributed by atoms with van der Waals surface area (Å²) in [7, 11) is -3.16. The lowest BCUT2D eigenvalue weighted by atomic mass is 10.4. The molecule has 2 aromatic rings. The maximum atomic E-state index is 10.9. The molecule has 0 fully saturated rings. The molecule has 112 valence electrons. The number of rotatable bonds is 7. The third-order valence-electron chi connectivity index (χ3n) is 2.41. The fourth-order valence-electron chi connectivity index (χ4n) is 1.50. The zero-order valence-corrected chi connectivity index (χ0v) is 12.3. The zero-order valence-electron chi connectivity index (χ0n) is 11.4. The smallest absolute Gasteiger partial charge is 0.208 e. The maximum Gasteiger partial charge on any atom is 0.208 e. The SMILES string of the molecule is CS(=O)(=O)NCCNc1ccc(Nc2ccncc2)nn1. The van der Waals surface area contributed by atoms with Crippen LogP contribution < -0.4 is 15.4 Å². The van der Waals surface area contributed by atoms with Crippen molar-refractivity contribution in [3.63, 3.8) is 0 Å². The first-order valence-corrected chi connectivity index (χ1v) is 8.11. The average Bonchev–Trinajstić information content (AvgIpc) is 2.45. The molecule has 0 radical (unpaired) electrons. The van der Waals surface area contributed by atoms with Gasteiger partial charge in [-0.3, -0.25) is 4.98 Å². The summed E-state index contributed by atoms with van der Waals surface area (Å²) in [6, 6.07) is 7.19. The van der Waals surface area contributed by atoms with Crippen LogP contribution in [0.3, 0.4) is 0 Å². The molecule has 2 rings (SSSR count). The third kappa shape index (κ3) is 5.71. The lowest BCUT2D eigenvalue weighted by Crippen LogP contribution is -2.27. The lowest BCUT2D eigenvalue weighted by Gasteiger charge is -2.07. The van der Waals surface area contributed by atoms with E-state index in [1.54, 1.807) is 24.5 Å². The van der Waals surface area contributed by atoms with Crippen molar-refractivity contribution in [3.05, 3.63) is 36.7 Å². The summed E-state index contributed by atoms with van der Waals surface area (Å²) in [4.78, 5) is 3.93. The summed E-state index contributed by atoms with van der Waals surface area (Å²) < 4.78 is 24.1. The highest BCUT2D eigenvalue weighted by molar-refractivity contribution is 7.88. The minimum Gasteiger partial charge on any atom is -0.367 e. The molecule has 0 spiro atoms. The Kier molecular flexibility index (Phi) is 5.01. The summed E-state index contributed by atoms with van der Waals surface area (Å²) in [5.41, 5.74) is 0.873. The van der Waals surface area contributed by atoms with Gasteiger partial charge in [0, 0.05) is 31.2 Å². The van der Waals surface area contributed by atoms with Crippen LogP contribution in [0.2, 0.25) is 0 Å². The van der Waals surface area contributed by atoms with Gasteiger partial charge in [-0.2, -0.15) is 0 Å². The molecule has 2 heterocycles. The Balaban J connectivity index is 1.82. The molecule has 0 saturated carbocycles. The lowest BCUT2D eigenvalue weighted by molar-refractivity contribution is 0.589. The van der Waals surface area contributed by atoms with Crippen molar-refractivity contribution < 1.29 is 8.42 Å². The number of hydrogen-bond donors (Lipinski definition) is 3. The summed E-state index contributed by atoms with van der Waals surface area (Å²) >= 11 is 0. The fraction of sp³-hybridized carbons (Fsp3) is 0.250. The van der Waals surface area contributed by atoms with Crippen molar-refractivity contribution in [1.29, 1.82) is 0 Å². The van der Waals surface area contributed by atoms with Crippen LogP contribution in [-0.4, -0.2) is 42.9 Å². The largest absolute Gasteiger partial charge is 0.367 e. The van der Waals surface area contributed by atoms with Gasteiger partial charge >= 0.3 is 0 Å². The van der Waals surface area contributed by atoms with Gasteiger partial charge in [0.15, 0.2) is 5.82 Å². The molecule has 2 aromatic heterocycles. The van der Waals surface area contributed by atoms with E-state index in [1.165, 1.54) is 0 Å². The monoisotopic (exact) mass is 308 g/mol. The highest BCUT2D eigenvalue weighted by Gasteiger charge is 2.00. The zero-order chi connectivity index (χ0) is 15.1. The Morgan fingerprint density at radius 1 is 1.00 bits per heavy atom. The van der Waals surface area contributed by atoms with E-state index < -0.39 is 10.0 Å².